The molecule has 28 heavy (non-hydrogen) atoms. The van der Waals surface area contributed by atoms with Crippen molar-refractivity contribution in [3.8, 4) is 0 Å². The molecule has 0 radical (unpaired) electrons. The lowest BCUT2D eigenvalue weighted by Crippen LogP contribution is -2.53. The second-order valence-electron chi connectivity index (χ2n) is 7.77. The maximum absolute atomic E-state index is 12.7. The van der Waals surface area contributed by atoms with Gasteiger partial charge >= 0.3 is 0 Å². The molecule has 0 spiro atoms. The van der Waals surface area contributed by atoms with Crippen LogP contribution >= 0.6 is 0 Å². The Kier molecular flexibility index (Phi) is 6.72. The van der Waals surface area contributed by atoms with Crippen molar-refractivity contribution in [3.05, 3.63) is 35.9 Å². The molecular formula is C20H29N3O4S. The van der Waals surface area contributed by atoms with E-state index in [0.717, 1.165) is 25.9 Å². The van der Waals surface area contributed by atoms with Crippen molar-refractivity contribution in [1.29, 1.82) is 0 Å². The van der Waals surface area contributed by atoms with Gasteiger partial charge in [-0.2, -0.15) is 0 Å². The summed E-state index contributed by atoms with van der Waals surface area (Å²) < 4.78 is 23.0. The maximum atomic E-state index is 12.7. The zero-order valence-electron chi connectivity index (χ0n) is 16.3. The van der Waals surface area contributed by atoms with Gasteiger partial charge in [-0.25, -0.2) is 8.42 Å². The first-order valence-corrected chi connectivity index (χ1v) is 11.7. The zero-order valence-corrected chi connectivity index (χ0v) is 17.2. The fraction of sp³-hybridized carbons (Fsp3) is 0.600. The summed E-state index contributed by atoms with van der Waals surface area (Å²) in [4.78, 5) is 29.1. The molecule has 2 amide bonds. The molecule has 2 aliphatic rings. The minimum absolute atomic E-state index is 0.00349. The van der Waals surface area contributed by atoms with Crippen molar-refractivity contribution >= 4 is 21.7 Å². The molecule has 1 aromatic carbocycles. The third-order valence-electron chi connectivity index (χ3n) is 5.51. The first kappa shape index (κ1) is 20.8. The first-order chi connectivity index (χ1) is 13.3. The number of sulfone groups is 1. The average Bonchev–Trinajstić information content (AvgIpc) is 2.68. The monoisotopic (exact) mass is 407 g/mol. The van der Waals surface area contributed by atoms with Gasteiger partial charge in [-0.3, -0.25) is 14.5 Å². The number of likely N-dealkylation sites (tertiary alicyclic amines) is 1. The number of nitrogens with one attached hydrogen (secondary N) is 1. The molecule has 1 aromatic rings. The van der Waals surface area contributed by atoms with Crippen molar-refractivity contribution in [2.45, 2.75) is 32.4 Å². The highest BCUT2D eigenvalue weighted by molar-refractivity contribution is 7.91. The van der Waals surface area contributed by atoms with Crippen LogP contribution in [0.5, 0.6) is 0 Å². The largest absolute Gasteiger partial charge is 0.344 e. The van der Waals surface area contributed by atoms with Crippen LogP contribution in [0.15, 0.2) is 30.3 Å². The van der Waals surface area contributed by atoms with E-state index in [-0.39, 0.29) is 42.3 Å². The second-order valence-corrected chi connectivity index (χ2v) is 10.1. The van der Waals surface area contributed by atoms with Gasteiger partial charge in [-0.1, -0.05) is 30.3 Å². The average molecular weight is 408 g/mol. The normalized spacial score (nSPS) is 23.8. The predicted octanol–water partition coefficient (Wildman–Crippen LogP) is 0.660. The Morgan fingerprint density at radius 1 is 1.14 bits per heavy atom. The fourth-order valence-electron chi connectivity index (χ4n) is 3.85. The van der Waals surface area contributed by atoms with Crippen LogP contribution in [0.4, 0.5) is 0 Å². The van der Waals surface area contributed by atoms with Crippen molar-refractivity contribution < 1.29 is 18.0 Å². The quantitative estimate of drug-likeness (QED) is 0.775. The Labute approximate surface area is 167 Å². The minimum atomic E-state index is -3.03. The smallest absolute Gasteiger partial charge is 0.244 e. The SMILES string of the molecule is CC(NC(=O)C1CCCN(Cc2ccccc2)C1)C(=O)N1CCS(=O)(=O)CC1. The van der Waals surface area contributed by atoms with Gasteiger partial charge in [-0.15, -0.1) is 0 Å². The molecule has 2 unspecified atom stereocenters. The number of nitrogens with zero attached hydrogens (tertiary/aromatic N) is 2. The minimum Gasteiger partial charge on any atom is -0.344 e. The Morgan fingerprint density at radius 2 is 1.82 bits per heavy atom. The molecule has 8 heteroatoms. The Bertz CT molecular complexity index is 783. The van der Waals surface area contributed by atoms with Crippen LogP contribution in [0.1, 0.15) is 25.3 Å². The molecule has 1 N–H and O–H groups in total. The molecule has 154 valence electrons. The number of rotatable bonds is 5. The molecule has 2 fully saturated rings. The highest BCUT2D eigenvalue weighted by Crippen LogP contribution is 2.19. The summed E-state index contributed by atoms with van der Waals surface area (Å²) in [5.74, 6) is -0.439. The number of piperidine rings is 1. The summed E-state index contributed by atoms with van der Waals surface area (Å²) in [6.07, 6.45) is 1.78. The Balaban J connectivity index is 1.50. The predicted molar refractivity (Wildman–Crippen MR) is 107 cm³/mol. The van der Waals surface area contributed by atoms with Gasteiger partial charge in [-0.05, 0) is 31.9 Å². The van der Waals surface area contributed by atoms with Crippen molar-refractivity contribution in [2.75, 3.05) is 37.7 Å². The molecule has 7 nitrogen and oxygen atoms in total. The van der Waals surface area contributed by atoms with Gasteiger partial charge in [0.2, 0.25) is 11.8 Å². The van der Waals surface area contributed by atoms with Crippen LogP contribution in [0, 0.1) is 5.92 Å². The molecule has 2 atom stereocenters. The Morgan fingerprint density at radius 3 is 2.50 bits per heavy atom. The number of hydrogen-bond donors (Lipinski definition) is 1. The highest BCUT2D eigenvalue weighted by atomic mass is 32.2. The van der Waals surface area contributed by atoms with Gasteiger partial charge in [0.05, 0.1) is 17.4 Å². The van der Waals surface area contributed by atoms with Gasteiger partial charge in [0.25, 0.3) is 0 Å². The molecule has 2 heterocycles. The van der Waals surface area contributed by atoms with E-state index in [2.05, 4.69) is 22.3 Å². The maximum Gasteiger partial charge on any atom is 0.244 e. The van der Waals surface area contributed by atoms with Gasteiger partial charge in [0.1, 0.15) is 6.04 Å². The number of amides is 2. The van der Waals surface area contributed by atoms with E-state index >= 15 is 0 Å². The van der Waals surface area contributed by atoms with Crippen LogP contribution in [0.2, 0.25) is 0 Å². The fourth-order valence-corrected chi connectivity index (χ4v) is 5.06. The van der Waals surface area contributed by atoms with Crippen LogP contribution < -0.4 is 5.32 Å². The molecule has 0 aliphatic carbocycles. The molecule has 0 saturated carbocycles. The number of benzene rings is 1. The first-order valence-electron chi connectivity index (χ1n) is 9.90. The summed E-state index contributed by atoms with van der Waals surface area (Å²) in [5, 5.41) is 2.85. The summed E-state index contributed by atoms with van der Waals surface area (Å²) in [6.45, 7) is 4.56. The topological polar surface area (TPSA) is 86.8 Å². The van der Waals surface area contributed by atoms with E-state index < -0.39 is 15.9 Å². The molecule has 0 aromatic heterocycles. The number of hydrogen-bond acceptors (Lipinski definition) is 5. The van der Waals surface area contributed by atoms with Crippen LogP contribution in [0.25, 0.3) is 0 Å². The van der Waals surface area contributed by atoms with Gasteiger partial charge < -0.3 is 10.2 Å². The van der Waals surface area contributed by atoms with E-state index in [0.29, 0.717) is 6.54 Å². The summed E-state index contributed by atoms with van der Waals surface area (Å²) in [5.41, 5.74) is 1.23. The summed E-state index contributed by atoms with van der Waals surface area (Å²) in [6, 6.07) is 9.56. The lowest BCUT2D eigenvalue weighted by Gasteiger charge is -2.33. The van der Waals surface area contributed by atoms with Crippen molar-refractivity contribution in [3.63, 3.8) is 0 Å². The molecular weight excluding hydrogens is 378 g/mol. The van der Waals surface area contributed by atoms with E-state index in [1.807, 2.05) is 18.2 Å². The summed E-state index contributed by atoms with van der Waals surface area (Å²) in [7, 11) is -3.03. The van der Waals surface area contributed by atoms with Crippen molar-refractivity contribution in [1.82, 2.24) is 15.1 Å². The lowest BCUT2D eigenvalue weighted by atomic mass is 9.96. The number of carbonyl (C=O) groups is 2. The van der Waals surface area contributed by atoms with E-state index in [9.17, 15) is 18.0 Å². The van der Waals surface area contributed by atoms with Gasteiger partial charge in [0.15, 0.2) is 9.84 Å². The second kappa shape index (κ2) is 9.05. The number of carbonyl (C=O) groups excluding carboxylic acids is 2. The van der Waals surface area contributed by atoms with E-state index in [4.69, 9.17) is 0 Å². The van der Waals surface area contributed by atoms with Crippen LogP contribution in [0.3, 0.4) is 0 Å². The van der Waals surface area contributed by atoms with Gasteiger partial charge in [0, 0.05) is 26.2 Å². The Hall–Kier alpha value is -1.93. The zero-order chi connectivity index (χ0) is 20.1. The standard InChI is InChI=1S/C20H29N3O4S/c1-16(20(25)23-10-12-28(26,27)13-11-23)21-19(24)18-8-5-9-22(15-18)14-17-6-3-2-4-7-17/h2-4,6-7,16,18H,5,8-15H2,1H3,(H,21,24). The third-order valence-corrected chi connectivity index (χ3v) is 7.12. The van der Waals surface area contributed by atoms with Crippen molar-refractivity contribution in [2.24, 2.45) is 5.92 Å². The van der Waals surface area contributed by atoms with E-state index in [1.165, 1.54) is 10.5 Å². The molecule has 2 aliphatic heterocycles. The summed E-state index contributed by atoms with van der Waals surface area (Å²) >= 11 is 0. The van der Waals surface area contributed by atoms with Crippen LogP contribution in [-0.4, -0.2) is 73.8 Å². The third kappa shape index (κ3) is 5.54. The molecule has 2 saturated heterocycles. The molecule has 0 bridgehead atoms. The van der Waals surface area contributed by atoms with E-state index in [1.54, 1.807) is 6.92 Å². The molecule has 3 rings (SSSR count). The lowest BCUT2D eigenvalue weighted by molar-refractivity contribution is -0.137. The van der Waals surface area contributed by atoms with Crippen LogP contribution in [-0.2, 0) is 26.0 Å². The highest BCUT2D eigenvalue weighted by Gasteiger charge is 2.31.